The molecule has 0 aliphatic carbocycles. The summed E-state index contributed by atoms with van der Waals surface area (Å²) >= 11 is 3.81. The lowest BCUT2D eigenvalue weighted by Crippen LogP contribution is -2.31. The third kappa shape index (κ3) is 3.97. The Kier molecular flexibility index (Phi) is 6.08. The van der Waals surface area contributed by atoms with E-state index in [9.17, 15) is 14.4 Å². The molecule has 0 radical (unpaired) electrons. The highest BCUT2D eigenvalue weighted by molar-refractivity contribution is 7.80. The van der Waals surface area contributed by atoms with E-state index < -0.39 is 5.91 Å². The summed E-state index contributed by atoms with van der Waals surface area (Å²) in [4.78, 5) is 31.6. The Balaban J connectivity index is 3.86. The summed E-state index contributed by atoms with van der Waals surface area (Å²) in [7, 11) is 0. The first-order chi connectivity index (χ1) is 5.76. The molecular formula is C6H9NO4S. The normalized spacial score (nSPS) is 8.75. The third-order valence-corrected chi connectivity index (χ3v) is 1.28. The van der Waals surface area contributed by atoms with Crippen LogP contribution >= 0.6 is 12.6 Å². The second-order valence-corrected chi connectivity index (χ2v) is 2.28. The molecule has 0 aromatic carbocycles. The zero-order valence-corrected chi connectivity index (χ0v) is 7.20. The van der Waals surface area contributed by atoms with Crippen molar-refractivity contribution in [2.24, 2.45) is 0 Å². The van der Waals surface area contributed by atoms with Gasteiger partial charge in [0.25, 0.3) is 6.47 Å². The van der Waals surface area contributed by atoms with Crippen LogP contribution in [0.5, 0.6) is 0 Å². The van der Waals surface area contributed by atoms with Crippen LogP contribution in [0.3, 0.4) is 0 Å². The molecule has 0 saturated heterocycles. The molecule has 0 spiro atoms. The van der Waals surface area contributed by atoms with Gasteiger partial charge in [-0.3, -0.25) is 19.3 Å². The topological polar surface area (TPSA) is 63.7 Å². The first kappa shape index (κ1) is 11.0. The van der Waals surface area contributed by atoms with Gasteiger partial charge in [-0.1, -0.05) is 0 Å². The van der Waals surface area contributed by atoms with Gasteiger partial charge in [-0.2, -0.15) is 12.6 Å². The molecule has 12 heavy (non-hydrogen) atoms. The molecule has 0 heterocycles. The van der Waals surface area contributed by atoms with E-state index >= 15 is 0 Å². The predicted molar refractivity (Wildman–Crippen MR) is 43.4 cm³/mol. The number of carbonyl (C=O) groups excluding carboxylic acids is 3. The fraction of sp³-hybridized carbons (Fsp3) is 0.500. The van der Waals surface area contributed by atoms with Crippen molar-refractivity contribution in [2.75, 3.05) is 12.5 Å². The highest BCUT2D eigenvalue weighted by Crippen LogP contribution is 1.92. The summed E-state index contributed by atoms with van der Waals surface area (Å²) in [5.41, 5.74) is 0. The van der Waals surface area contributed by atoms with Crippen LogP contribution < -0.4 is 0 Å². The largest absolute Gasteiger partial charge is 0.446 e. The molecule has 0 aliphatic heterocycles. The number of hydrogen-bond acceptors (Lipinski definition) is 5. The van der Waals surface area contributed by atoms with Gasteiger partial charge in [0.15, 0.2) is 6.73 Å². The zero-order chi connectivity index (χ0) is 9.40. The molecule has 0 aliphatic rings. The number of rotatable bonds is 6. The van der Waals surface area contributed by atoms with Gasteiger partial charge >= 0.3 is 0 Å². The van der Waals surface area contributed by atoms with Crippen molar-refractivity contribution in [2.45, 2.75) is 6.42 Å². The maximum Gasteiger partial charge on any atom is 0.294 e. The van der Waals surface area contributed by atoms with Crippen LogP contribution in [0.4, 0.5) is 0 Å². The molecule has 68 valence electrons. The van der Waals surface area contributed by atoms with Crippen LogP contribution in [-0.2, 0) is 19.1 Å². The first-order valence-electron chi connectivity index (χ1n) is 3.17. The maximum atomic E-state index is 10.9. The quantitative estimate of drug-likeness (QED) is 0.346. The van der Waals surface area contributed by atoms with E-state index in [1.807, 2.05) is 0 Å². The molecule has 0 saturated carbocycles. The lowest BCUT2D eigenvalue weighted by Gasteiger charge is -2.12. The summed E-state index contributed by atoms with van der Waals surface area (Å²) in [6, 6.07) is 0. The van der Waals surface area contributed by atoms with E-state index in [4.69, 9.17) is 0 Å². The molecule has 0 rings (SSSR count). The summed E-state index contributed by atoms with van der Waals surface area (Å²) < 4.78 is 4.22. The standard InChI is InChI=1S/C6H9NO4S/c8-3-7(4-11-5-9)6(10)1-2-12/h3,5,12H,1-2,4H2. The SMILES string of the molecule is O=COCN(C=O)C(=O)CCS. The maximum absolute atomic E-state index is 10.9. The van der Waals surface area contributed by atoms with E-state index in [0.717, 1.165) is 4.90 Å². The summed E-state index contributed by atoms with van der Waals surface area (Å²) in [6.45, 7) is -0.163. The van der Waals surface area contributed by atoms with Gasteiger partial charge in [0, 0.05) is 6.42 Å². The van der Waals surface area contributed by atoms with Crippen LogP contribution in [0, 0.1) is 0 Å². The van der Waals surface area contributed by atoms with E-state index in [2.05, 4.69) is 17.4 Å². The van der Waals surface area contributed by atoms with E-state index in [1.165, 1.54) is 0 Å². The van der Waals surface area contributed by atoms with Gasteiger partial charge in [-0.15, -0.1) is 0 Å². The Morgan fingerprint density at radius 3 is 2.58 bits per heavy atom. The summed E-state index contributed by atoms with van der Waals surface area (Å²) in [5.74, 6) is -0.0635. The van der Waals surface area contributed by atoms with Crippen LogP contribution in [0.15, 0.2) is 0 Å². The molecule has 0 atom stereocenters. The smallest absolute Gasteiger partial charge is 0.294 e. The second kappa shape index (κ2) is 6.66. The third-order valence-electron chi connectivity index (χ3n) is 1.05. The Morgan fingerprint density at radius 2 is 2.17 bits per heavy atom. The van der Waals surface area contributed by atoms with Crippen molar-refractivity contribution in [1.82, 2.24) is 4.90 Å². The van der Waals surface area contributed by atoms with Crippen molar-refractivity contribution < 1.29 is 19.1 Å². The molecule has 0 aromatic heterocycles. The summed E-state index contributed by atoms with van der Waals surface area (Å²) in [5, 5.41) is 0. The van der Waals surface area contributed by atoms with E-state index in [-0.39, 0.29) is 19.6 Å². The van der Waals surface area contributed by atoms with Gasteiger partial charge in [-0.05, 0) is 5.75 Å². The fourth-order valence-electron chi connectivity index (χ4n) is 0.511. The van der Waals surface area contributed by atoms with Gasteiger partial charge in [-0.25, -0.2) is 0 Å². The van der Waals surface area contributed by atoms with Crippen molar-refractivity contribution >= 4 is 31.4 Å². The second-order valence-electron chi connectivity index (χ2n) is 1.83. The summed E-state index contributed by atoms with van der Waals surface area (Å²) in [6.07, 6.45) is 0.458. The highest BCUT2D eigenvalue weighted by Gasteiger charge is 2.10. The number of ether oxygens (including phenoxy) is 1. The lowest BCUT2D eigenvalue weighted by molar-refractivity contribution is -0.147. The molecule has 5 nitrogen and oxygen atoms in total. The molecule has 0 unspecified atom stereocenters. The predicted octanol–water partition coefficient (Wildman–Crippen LogP) is -0.578. The average Bonchev–Trinajstić information content (AvgIpc) is 2.06. The minimum Gasteiger partial charge on any atom is -0.446 e. The van der Waals surface area contributed by atoms with Crippen molar-refractivity contribution in [3.8, 4) is 0 Å². The van der Waals surface area contributed by atoms with Crippen molar-refractivity contribution in [3.05, 3.63) is 0 Å². The number of carbonyl (C=O) groups is 3. The van der Waals surface area contributed by atoms with Crippen LogP contribution in [-0.4, -0.2) is 36.2 Å². The minimum absolute atomic E-state index is 0.143. The van der Waals surface area contributed by atoms with E-state index in [1.54, 1.807) is 0 Å². The number of imide groups is 1. The number of thiol groups is 1. The number of amides is 2. The van der Waals surface area contributed by atoms with Gasteiger partial charge in [0.2, 0.25) is 12.3 Å². The molecule has 0 aromatic rings. The highest BCUT2D eigenvalue weighted by atomic mass is 32.1. The lowest BCUT2D eigenvalue weighted by atomic mass is 10.4. The Hall–Kier alpha value is -1.04. The fourth-order valence-corrected chi connectivity index (χ4v) is 0.702. The molecule has 2 amide bonds. The Bertz CT molecular complexity index is 173. The molecule has 6 heteroatoms. The van der Waals surface area contributed by atoms with Gasteiger partial charge in [0.05, 0.1) is 0 Å². The Morgan fingerprint density at radius 1 is 1.50 bits per heavy atom. The number of nitrogens with zero attached hydrogens (tertiary/aromatic N) is 1. The molecule has 0 bridgehead atoms. The first-order valence-corrected chi connectivity index (χ1v) is 3.80. The van der Waals surface area contributed by atoms with Gasteiger partial charge in [0.1, 0.15) is 0 Å². The van der Waals surface area contributed by atoms with E-state index in [0.29, 0.717) is 12.2 Å². The Labute approximate surface area is 75.1 Å². The van der Waals surface area contributed by atoms with Crippen molar-refractivity contribution in [3.63, 3.8) is 0 Å². The minimum atomic E-state index is -0.415. The average molecular weight is 191 g/mol. The molecular weight excluding hydrogens is 182 g/mol. The van der Waals surface area contributed by atoms with Crippen LogP contribution in [0.2, 0.25) is 0 Å². The molecule has 0 fully saturated rings. The van der Waals surface area contributed by atoms with Crippen LogP contribution in [0.25, 0.3) is 0 Å². The van der Waals surface area contributed by atoms with Crippen molar-refractivity contribution in [1.29, 1.82) is 0 Å². The molecule has 0 N–H and O–H groups in total. The van der Waals surface area contributed by atoms with Gasteiger partial charge < -0.3 is 4.74 Å². The number of hydrogen-bond donors (Lipinski definition) is 1. The van der Waals surface area contributed by atoms with Crippen LogP contribution in [0.1, 0.15) is 6.42 Å². The zero-order valence-electron chi connectivity index (χ0n) is 6.30. The monoisotopic (exact) mass is 191 g/mol.